The van der Waals surface area contributed by atoms with E-state index in [9.17, 15) is 14.4 Å². The lowest BCUT2D eigenvalue weighted by atomic mass is 10.1. The summed E-state index contributed by atoms with van der Waals surface area (Å²) in [4.78, 5) is 38.4. The monoisotopic (exact) mass is 398 g/mol. The van der Waals surface area contributed by atoms with Gasteiger partial charge in [-0.05, 0) is 50.2 Å². The summed E-state index contributed by atoms with van der Waals surface area (Å²) >= 11 is 0. The van der Waals surface area contributed by atoms with Crippen LogP contribution in [0.4, 0.5) is 5.69 Å². The van der Waals surface area contributed by atoms with E-state index in [1.807, 2.05) is 13.8 Å². The maximum Gasteiger partial charge on any atom is 0.338 e. The Morgan fingerprint density at radius 1 is 1.00 bits per heavy atom. The number of anilines is 1. The van der Waals surface area contributed by atoms with Crippen molar-refractivity contribution in [2.24, 2.45) is 0 Å². The first-order valence-corrected chi connectivity index (χ1v) is 9.27. The second-order valence-corrected chi connectivity index (χ2v) is 6.25. The number of nitrogens with zero attached hydrogens (tertiary/aromatic N) is 1. The van der Waals surface area contributed by atoms with Crippen LogP contribution in [-0.2, 0) is 9.53 Å². The number of ether oxygens (including phenoxy) is 3. The van der Waals surface area contributed by atoms with E-state index in [2.05, 4.69) is 5.32 Å². The van der Waals surface area contributed by atoms with Crippen molar-refractivity contribution < 1.29 is 28.6 Å². The molecule has 152 valence electrons. The molecular formula is C21H22N2O6. The summed E-state index contributed by atoms with van der Waals surface area (Å²) in [6.07, 6.45) is 0. The van der Waals surface area contributed by atoms with Crippen LogP contribution in [0.15, 0.2) is 42.5 Å². The highest BCUT2D eigenvalue weighted by molar-refractivity contribution is 5.98. The predicted octanol–water partition coefficient (Wildman–Crippen LogP) is 2.69. The molecule has 0 atom stereocenters. The topological polar surface area (TPSA) is 94.2 Å². The van der Waals surface area contributed by atoms with Gasteiger partial charge in [-0.15, -0.1) is 0 Å². The van der Waals surface area contributed by atoms with Crippen LogP contribution < -0.4 is 14.8 Å². The van der Waals surface area contributed by atoms with Crippen LogP contribution in [0, 0.1) is 0 Å². The van der Waals surface area contributed by atoms with Crippen LogP contribution in [-0.4, -0.2) is 49.2 Å². The number of fused-ring (bicyclic) bond motifs is 1. The molecule has 0 saturated heterocycles. The third-order valence-corrected chi connectivity index (χ3v) is 4.39. The third kappa shape index (κ3) is 4.84. The molecule has 0 aliphatic carbocycles. The van der Waals surface area contributed by atoms with Gasteiger partial charge in [-0.3, -0.25) is 9.59 Å². The molecule has 1 aliphatic rings. The zero-order valence-electron chi connectivity index (χ0n) is 16.3. The van der Waals surface area contributed by atoms with Crippen molar-refractivity contribution in [1.29, 1.82) is 0 Å². The van der Waals surface area contributed by atoms with Crippen LogP contribution in [0.3, 0.4) is 0 Å². The first-order chi connectivity index (χ1) is 14.0. The Labute approximate surface area is 168 Å². The number of carbonyl (C=O) groups excluding carboxylic acids is 3. The van der Waals surface area contributed by atoms with Crippen LogP contribution in [0.2, 0.25) is 0 Å². The zero-order valence-corrected chi connectivity index (χ0v) is 16.3. The van der Waals surface area contributed by atoms with E-state index in [0.717, 1.165) is 0 Å². The highest BCUT2D eigenvalue weighted by atomic mass is 16.7. The van der Waals surface area contributed by atoms with Crippen molar-refractivity contribution in [3.05, 3.63) is 53.6 Å². The van der Waals surface area contributed by atoms with Gasteiger partial charge in [0.2, 0.25) is 6.79 Å². The molecule has 8 nitrogen and oxygen atoms in total. The van der Waals surface area contributed by atoms with Crippen molar-refractivity contribution in [1.82, 2.24) is 4.90 Å². The smallest absolute Gasteiger partial charge is 0.338 e. The second kappa shape index (κ2) is 9.09. The van der Waals surface area contributed by atoms with Crippen molar-refractivity contribution in [2.45, 2.75) is 13.8 Å². The van der Waals surface area contributed by atoms with Crippen molar-refractivity contribution in [3.8, 4) is 11.5 Å². The fraction of sp³-hybridized carbons (Fsp3) is 0.286. The Bertz CT molecular complexity index is 923. The number of carbonyl (C=O) groups is 3. The largest absolute Gasteiger partial charge is 0.454 e. The zero-order chi connectivity index (χ0) is 20.8. The average Bonchev–Trinajstić information content (AvgIpc) is 3.21. The lowest BCUT2D eigenvalue weighted by Crippen LogP contribution is -2.30. The Morgan fingerprint density at radius 2 is 1.76 bits per heavy atom. The van der Waals surface area contributed by atoms with E-state index < -0.39 is 18.5 Å². The first kappa shape index (κ1) is 20.2. The molecule has 8 heteroatoms. The van der Waals surface area contributed by atoms with Crippen LogP contribution in [0.1, 0.15) is 34.6 Å². The summed E-state index contributed by atoms with van der Waals surface area (Å²) in [5.41, 5.74) is 1.19. The molecule has 2 aromatic rings. The SMILES string of the molecule is CCN(CC)C(=O)c1cccc(NC(=O)COC(=O)c2ccc3c(c2)OCO3)c1. The molecule has 29 heavy (non-hydrogen) atoms. The fourth-order valence-corrected chi connectivity index (χ4v) is 2.86. The van der Waals surface area contributed by atoms with E-state index in [1.165, 1.54) is 12.1 Å². The minimum Gasteiger partial charge on any atom is -0.454 e. The lowest BCUT2D eigenvalue weighted by molar-refractivity contribution is -0.119. The van der Waals surface area contributed by atoms with E-state index in [1.54, 1.807) is 35.2 Å². The van der Waals surface area contributed by atoms with Gasteiger partial charge in [0.05, 0.1) is 5.56 Å². The number of esters is 1. The van der Waals surface area contributed by atoms with Gasteiger partial charge in [-0.2, -0.15) is 0 Å². The van der Waals surface area contributed by atoms with Crippen LogP contribution in [0.25, 0.3) is 0 Å². The van der Waals surface area contributed by atoms with E-state index >= 15 is 0 Å². The summed E-state index contributed by atoms with van der Waals surface area (Å²) in [5, 5.41) is 2.63. The maximum absolute atomic E-state index is 12.4. The van der Waals surface area contributed by atoms with E-state index in [0.29, 0.717) is 35.8 Å². The Balaban J connectivity index is 1.56. The predicted molar refractivity (Wildman–Crippen MR) is 105 cm³/mol. The molecule has 1 N–H and O–H groups in total. The van der Waals surface area contributed by atoms with Crippen molar-refractivity contribution >= 4 is 23.5 Å². The maximum atomic E-state index is 12.4. The summed E-state index contributed by atoms with van der Waals surface area (Å²) < 4.78 is 15.5. The number of hydrogen-bond donors (Lipinski definition) is 1. The lowest BCUT2D eigenvalue weighted by Gasteiger charge is -2.19. The first-order valence-electron chi connectivity index (χ1n) is 9.27. The molecule has 2 aromatic carbocycles. The van der Waals surface area contributed by atoms with Gasteiger partial charge in [0.1, 0.15) is 0 Å². The fourth-order valence-electron chi connectivity index (χ4n) is 2.86. The highest BCUT2D eigenvalue weighted by Gasteiger charge is 2.18. The quantitative estimate of drug-likeness (QED) is 0.721. The van der Waals surface area contributed by atoms with Gasteiger partial charge in [-0.1, -0.05) is 6.07 Å². The summed E-state index contributed by atoms with van der Waals surface area (Å²) in [6.45, 7) is 4.65. The van der Waals surface area contributed by atoms with Gasteiger partial charge < -0.3 is 24.4 Å². The Kier molecular flexibility index (Phi) is 6.33. The average molecular weight is 398 g/mol. The molecule has 1 heterocycles. The summed E-state index contributed by atoms with van der Waals surface area (Å²) in [5.74, 6) is -0.257. The molecule has 2 amide bonds. The highest BCUT2D eigenvalue weighted by Crippen LogP contribution is 2.32. The molecule has 0 radical (unpaired) electrons. The number of amides is 2. The molecule has 1 aliphatic heterocycles. The number of hydrogen-bond acceptors (Lipinski definition) is 6. The molecule has 0 spiro atoms. The van der Waals surface area contributed by atoms with Crippen LogP contribution in [0.5, 0.6) is 11.5 Å². The van der Waals surface area contributed by atoms with Gasteiger partial charge in [-0.25, -0.2) is 4.79 Å². The molecular weight excluding hydrogens is 376 g/mol. The number of rotatable bonds is 7. The van der Waals surface area contributed by atoms with Gasteiger partial charge in [0, 0.05) is 24.3 Å². The minimum absolute atomic E-state index is 0.103. The normalized spacial score (nSPS) is 11.7. The second-order valence-electron chi connectivity index (χ2n) is 6.25. The molecule has 0 bridgehead atoms. The molecule has 3 rings (SSSR count). The summed E-state index contributed by atoms with van der Waals surface area (Å²) in [6, 6.07) is 11.3. The Morgan fingerprint density at radius 3 is 2.52 bits per heavy atom. The van der Waals surface area contributed by atoms with Gasteiger partial charge >= 0.3 is 5.97 Å². The van der Waals surface area contributed by atoms with Crippen molar-refractivity contribution in [3.63, 3.8) is 0 Å². The van der Waals surface area contributed by atoms with Gasteiger partial charge in [0.15, 0.2) is 18.1 Å². The third-order valence-electron chi connectivity index (χ3n) is 4.39. The summed E-state index contributed by atoms with van der Waals surface area (Å²) in [7, 11) is 0. The minimum atomic E-state index is -0.649. The van der Waals surface area contributed by atoms with Crippen molar-refractivity contribution in [2.75, 3.05) is 31.8 Å². The van der Waals surface area contributed by atoms with E-state index in [4.69, 9.17) is 14.2 Å². The number of nitrogens with one attached hydrogen (secondary N) is 1. The standard InChI is InChI=1S/C21H22N2O6/c1-3-23(4-2)20(25)14-6-5-7-16(10-14)22-19(24)12-27-21(26)15-8-9-17-18(11-15)29-13-28-17/h5-11H,3-4,12-13H2,1-2H3,(H,22,24). The van der Waals surface area contributed by atoms with Gasteiger partial charge in [0.25, 0.3) is 11.8 Å². The van der Waals surface area contributed by atoms with E-state index in [-0.39, 0.29) is 18.3 Å². The number of benzene rings is 2. The molecule has 0 saturated carbocycles. The molecule has 0 aromatic heterocycles. The molecule has 0 fully saturated rings. The Hall–Kier alpha value is -3.55. The molecule has 0 unspecified atom stereocenters. The van der Waals surface area contributed by atoms with Crippen LogP contribution >= 0.6 is 0 Å².